The van der Waals surface area contributed by atoms with Crippen LogP contribution in [0.4, 0.5) is 0 Å². The normalized spacial score (nSPS) is 11.3. The van der Waals surface area contributed by atoms with Gasteiger partial charge in [-0.2, -0.15) is 0 Å². The van der Waals surface area contributed by atoms with Gasteiger partial charge in [0.15, 0.2) is 0 Å². The van der Waals surface area contributed by atoms with Crippen molar-refractivity contribution in [2.45, 2.75) is 72.9 Å². The van der Waals surface area contributed by atoms with E-state index in [4.69, 9.17) is 10.8 Å². The first-order chi connectivity index (χ1) is 11.5. The second-order valence-corrected chi connectivity index (χ2v) is 7.47. The summed E-state index contributed by atoms with van der Waals surface area (Å²) < 4.78 is 0. The highest BCUT2D eigenvalue weighted by Gasteiger charge is 2.27. The van der Waals surface area contributed by atoms with Crippen molar-refractivity contribution in [1.29, 1.82) is 0 Å². The van der Waals surface area contributed by atoms with Gasteiger partial charge in [-0.3, -0.25) is 9.59 Å². The van der Waals surface area contributed by atoms with Gasteiger partial charge in [0, 0.05) is 17.6 Å². The van der Waals surface area contributed by atoms with E-state index in [0.29, 0.717) is 18.5 Å². The zero-order chi connectivity index (χ0) is 19.7. The van der Waals surface area contributed by atoms with Gasteiger partial charge in [0.05, 0.1) is 6.42 Å². The molecule has 0 aromatic heterocycles. The van der Waals surface area contributed by atoms with Gasteiger partial charge in [-0.25, -0.2) is 0 Å². The average Bonchev–Trinajstić information content (AvgIpc) is 2.54. The average molecular weight is 351 g/mol. The number of nitrogens with two attached hydrogens (primary N) is 1. The van der Waals surface area contributed by atoms with Crippen LogP contribution < -0.4 is 11.1 Å². The zero-order valence-corrected chi connectivity index (χ0v) is 16.5. The molecule has 1 amide bonds. The lowest BCUT2D eigenvalue weighted by atomic mass is 9.80. The predicted octanol–water partition coefficient (Wildman–Crippen LogP) is 3.96. The van der Waals surface area contributed by atoms with Gasteiger partial charge in [-0.15, -0.1) is 0 Å². The fourth-order valence-corrected chi connectivity index (χ4v) is 2.38. The summed E-state index contributed by atoms with van der Waals surface area (Å²) in [5.74, 6) is -0.925. The maximum atomic E-state index is 12.3. The van der Waals surface area contributed by atoms with E-state index in [1.54, 1.807) is 12.1 Å². The van der Waals surface area contributed by atoms with Crippen LogP contribution in [0.25, 0.3) is 0 Å². The molecule has 0 fully saturated rings. The topological polar surface area (TPSA) is 92.4 Å². The van der Waals surface area contributed by atoms with E-state index < -0.39 is 11.5 Å². The summed E-state index contributed by atoms with van der Waals surface area (Å²) in [6.45, 7) is 12.2. The minimum Gasteiger partial charge on any atom is -0.481 e. The van der Waals surface area contributed by atoms with Crippen LogP contribution in [0.15, 0.2) is 24.3 Å². The lowest BCUT2D eigenvalue weighted by Crippen LogP contribution is -2.44. The molecule has 0 saturated carbocycles. The van der Waals surface area contributed by atoms with Gasteiger partial charge in [0.1, 0.15) is 0 Å². The minimum atomic E-state index is -0.795. The molecule has 1 aromatic carbocycles. The fraction of sp³-hybridized carbons (Fsp3) is 0.600. The molecule has 142 valence electrons. The van der Waals surface area contributed by atoms with Crippen molar-refractivity contribution in [2.24, 2.45) is 11.1 Å². The highest BCUT2D eigenvalue weighted by molar-refractivity contribution is 5.94. The summed E-state index contributed by atoms with van der Waals surface area (Å²) in [6, 6.07) is 7.22. The first-order valence-electron chi connectivity index (χ1n) is 8.88. The van der Waals surface area contributed by atoms with Crippen molar-refractivity contribution in [3.05, 3.63) is 35.4 Å². The van der Waals surface area contributed by atoms with Crippen LogP contribution >= 0.6 is 0 Å². The third-order valence-corrected chi connectivity index (χ3v) is 3.96. The van der Waals surface area contributed by atoms with Gasteiger partial charge in [-0.05, 0) is 49.8 Å². The number of carbonyl (C=O) groups excluding carboxylic acids is 1. The van der Waals surface area contributed by atoms with Gasteiger partial charge in [-0.1, -0.05) is 39.8 Å². The SMILES string of the molecule is CC.CC(C)(CCC(C)(C)NC(=O)c1ccc(CN)cc1)CC(=O)O. The van der Waals surface area contributed by atoms with Crippen molar-refractivity contribution < 1.29 is 14.7 Å². The Morgan fingerprint density at radius 3 is 2.00 bits per heavy atom. The van der Waals surface area contributed by atoms with Crippen molar-refractivity contribution in [2.75, 3.05) is 0 Å². The van der Waals surface area contributed by atoms with E-state index in [2.05, 4.69) is 5.32 Å². The molecule has 0 aliphatic heterocycles. The van der Waals surface area contributed by atoms with E-state index >= 15 is 0 Å². The molecule has 5 nitrogen and oxygen atoms in total. The molecule has 0 aliphatic carbocycles. The Bertz CT molecular complexity index is 549. The van der Waals surface area contributed by atoms with Crippen LogP contribution in [-0.4, -0.2) is 22.5 Å². The largest absolute Gasteiger partial charge is 0.481 e. The molecule has 25 heavy (non-hydrogen) atoms. The third kappa shape index (κ3) is 9.25. The highest BCUT2D eigenvalue weighted by Crippen LogP contribution is 2.29. The first kappa shape index (κ1) is 23.1. The first-order valence-corrected chi connectivity index (χ1v) is 8.88. The van der Waals surface area contributed by atoms with Gasteiger partial charge < -0.3 is 16.2 Å². The standard InChI is InChI=1S/C18H28N2O3.C2H6/c1-17(2,11-15(21)22)9-10-18(3,4)20-16(23)14-7-5-13(12-19)6-8-14;1-2/h5-8H,9-12,19H2,1-4H3,(H,20,23)(H,21,22);1-2H3. The number of benzene rings is 1. The molecule has 0 bridgehead atoms. The third-order valence-electron chi connectivity index (χ3n) is 3.96. The summed E-state index contributed by atoms with van der Waals surface area (Å²) in [4.78, 5) is 23.2. The molecule has 0 atom stereocenters. The van der Waals surface area contributed by atoms with Crippen LogP contribution in [0.1, 0.15) is 76.7 Å². The van der Waals surface area contributed by atoms with Gasteiger partial charge >= 0.3 is 5.97 Å². The van der Waals surface area contributed by atoms with Crippen LogP contribution in [0.5, 0.6) is 0 Å². The number of rotatable bonds is 8. The molecular formula is C20H34N2O3. The van der Waals surface area contributed by atoms with Crippen molar-refractivity contribution in [3.63, 3.8) is 0 Å². The Balaban J connectivity index is 0.00000277. The number of carbonyl (C=O) groups is 2. The lowest BCUT2D eigenvalue weighted by molar-refractivity contribution is -0.139. The van der Waals surface area contributed by atoms with E-state index in [9.17, 15) is 9.59 Å². The second-order valence-electron chi connectivity index (χ2n) is 7.47. The maximum absolute atomic E-state index is 12.3. The van der Waals surface area contributed by atoms with E-state index in [1.807, 2.05) is 53.7 Å². The Morgan fingerprint density at radius 2 is 1.56 bits per heavy atom. The number of aliphatic carboxylic acids is 1. The zero-order valence-electron chi connectivity index (χ0n) is 16.5. The van der Waals surface area contributed by atoms with E-state index in [0.717, 1.165) is 12.0 Å². The molecule has 1 rings (SSSR count). The Morgan fingerprint density at radius 1 is 1.04 bits per heavy atom. The Kier molecular flexibility index (Phi) is 9.42. The smallest absolute Gasteiger partial charge is 0.303 e. The molecule has 5 heteroatoms. The number of hydrogen-bond acceptors (Lipinski definition) is 3. The molecule has 0 heterocycles. The molecular weight excluding hydrogens is 316 g/mol. The molecule has 4 N–H and O–H groups in total. The van der Waals surface area contributed by atoms with Crippen LogP contribution in [0.3, 0.4) is 0 Å². The molecule has 0 saturated heterocycles. The summed E-state index contributed by atoms with van der Waals surface area (Å²) in [7, 11) is 0. The van der Waals surface area contributed by atoms with Crippen molar-refractivity contribution >= 4 is 11.9 Å². The minimum absolute atomic E-state index is 0.123. The number of nitrogens with one attached hydrogen (secondary N) is 1. The van der Waals surface area contributed by atoms with Crippen LogP contribution in [0.2, 0.25) is 0 Å². The molecule has 0 spiro atoms. The number of carboxylic acid groups (broad SMARTS) is 1. The number of carboxylic acids is 1. The monoisotopic (exact) mass is 350 g/mol. The van der Waals surface area contributed by atoms with Crippen LogP contribution in [-0.2, 0) is 11.3 Å². The quantitative estimate of drug-likeness (QED) is 0.661. The molecule has 0 unspecified atom stereocenters. The lowest BCUT2D eigenvalue weighted by Gasteiger charge is -2.31. The fourth-order valence-electron chi connectivity index (χ4n) is 2.38. The summed E-state index contributed by atoms with van der Waals surface area (Å²) in [6.07, 6.45) is 1.55. The number of amides is 1. The highest BCUT2D eigenvalue weighted by atomic mass is 16.4. The van der Waals surface area contributed by atoms with E-state index in [1.165, 1.54) is 0 Å². The Labute approximate surface area is 152 Å². The van der Waals surface area contributed by atoms with E-state index in [-0.39, 0.29) is 17.7 Å². The summed E-state index contributed by atoms with van der Waals surface area (Å²) in [5.41, 5.74) is 6.43. The maximum Gasteiger partial charge on any atom is 0.303 e. The van der Waals surface area contributed by atoms with Gasteiger partial charge in [0.25, 0.3) is 5.91 Å². The molecule has 0 aliphatic rings. The van der Waals surface area contributed by atoms with Gasteiger partial charge in [0.2, 0.25) is 0 Å². The Hall–Kier alpha value is -1.88. The molecule has 0 radical (unpaired) electrons. The predicted molar refractivity (Wildman–Crippen MR) is 102 cm³/mol. The summed E-state index contributed by atoms with van der Waals surface area (Å²) >= 11 is 0. The second kappa shape index (κ2) is 10.2. The van der Waals surface area contributed by atoms with Crippen LogP contribution in [0, 0.1) is 5.41 Å². The van der Waals surface area contributed by atoms with Crippen molar-refractivity contribution in [3.8, 4) is 0 Å². The summed E-state index contributed by atoms with van der Waals surface area (Å²) in [5, 5.41) is 12.0. The molecule has 1 aromatic rings. The number of hydrogen-bond donors (Lipinski definition) is 3. The van der Waals surface area contributed by atoms with Crippen molar-refractivity contribution in [1.82, 2.24) is 5.32 Å².